The average molecular weight is 306 g/mol. The highest BCUT2D eigenvalue weighted by molar-refractivity contribution is 6.35. The molecule has 1 aliphatic rings. The molecule has 1 fully saturated rings. The lowest BCUT2D eigenvalue weighted by Crippen LogP contribution is -2.49. The van der Waals surface area contributed by atoms with Gasteiger partial charge in [-0.25, -0.2) is 0 Å². The van der Waals surface area contributed by atoms with E-state index in [4.69, 9.17) is 22.1 Å². The lowest BCUT2D eigenvalue weighted by Gasteiger charge is -2.36. The second-order valence-corrected chi connectivity index (χ2v) is 6.21. The number of hydrogen-bond donors (Lipinski definition) is 2. The first kappa shape index (κ1) is 14.6. The van der Waals surface area contributed by atoms with Crippen molar-refractivity contribution in [3.05, 3.63) is 35.5 Å². The summed E-state index contributed by atoms with van der Waals surface area (Å²) in [5, 5.41) is 5.25. The molecule has 0 aliphatic carbocycles. The minimum Gasteiger partial charge on any atom is -0.381 e. The quantitative estimate of drug-likeness (QED) is 0.911. The van der Waals surface area contributed by atoms with Crippen LogP contribution in [0.25, 0.3) is 10.9 Å². The highest BCUT2D eigenvalue weighted by Gasteiger charge is 2.36. The molecule has 1 aliphatic heterocycles. The van der Waals surface area contributed by atoms with Crippen molar-refractivity contribution < 1.29 is 4.74 Å². The third kappa shape index (κ3) is 2.71. The Balaban J connectivity index is 1.98. The highest BCUT2D eigenvalue weighted by Crippen LogP contribution is 2.33. The zero-order valence-electron chi connectivity index (χ0n) is 12.1. The van der Waals surface area contributed by atoms with Crippen LogP contribution in [0.5, 0.6) is 0 Å². The molecule has 0 amide bonds. The van der Waals surface area contributed by atoms with Gasteiger partial charge in [0.05, 0.1) is 28.4 Å². The molecule has 4 nitrogen and oxygen atoms in total. The number of rotatable bonds is 4. The number of aromatic nitrogens is 1. The topological polar surface area (TPSA) is 60.2 Å². The first-order valence-corrected chi connectivity index (χ1v) is 7.61. The van der Waals surface area contributed by atoms with Gasteiger partial charge in [0, 0.05) is 30.7 Å². The lowest BCUT2D eigenvalue weighted by atomic mass is 9.84. The fourth-order valence-corrected chi connectivity index (χ4v) is 3.12. The second-order valence-electron chi connectivity index (χ2n) is 5.80. The van der Waals surface area contributed by atoms with Gasteiger partial charge in [0.15, 0.2) is 0 Å². The van der Waals surface area contributed by atoms with E-state index in [0.717, 1.165) is 36.2 Å². The normalized spacial score (nSPS) is 21.4. The highest BCUT2D eigenvalue weighted by atomic mass is 35.5. The van der Waals surface area contributed by atoms with Crippen LogP contribution in [-0.4, -0.2) is 30.3 Å². The number of nitrogens with one attached hydrogen (secondary N) is 1. The molecule has 2 unspecified atom stereocenters. The van der Waals surface area contributed by atoms with Crippen LogP contribution < -0.4 is 11.1 Å². The predicted octanol–water partition coefficient (Wildman–Crippen LogP) is 3.05. The molecule has 1 aromatic carbocycles. The number of halogens is 1. The number of benzene rings is 1. The summed E-state index contributed by atoms with van der Waals surface area (Å²) in [6, 6.07) is 7.75. The van der Waals surface area contributed by atoms with Crippen molar-refractivity contribution >= 4 is 28.2 Å². The average Bonchev–Trinajstić information content (AvgIpc) is 3.05. The molecular formula is C16H20ClN3O. The van der Waals surface area contributed by atoms with Gasteiger partial charge >= 0.3 is 0 Å². The maximum Gasteiger partial charge on any atom is 0.0948 e. The molecular weight excluding hydrogens is 286 g/mol. The van der Waals surface area contributed by atoms with Crippen LogP contribution in [0.1, 0.15) is 13.3 Å². The zero-order chi connectivity index (χ0) is 14.9. The molecule has 1 saturated heterocycles. The molecule has 2 heterocycles. The zero-order valence-corrected chi connectivity index (χ0v) is 12.9. The second kappa shape index (κ2) is 5.79. The summed E-state index contributed by atoms with van der Waals surface area (Å²) < 4.78 is 5.52. The van der Waals surface area contributed by atoms with E-state index in [1.54, 1.807) is 6.20 Å². The Morgan fingerprint density at radius 1 is 1.48 bits per heavy atom. The van der Waals surface area contributed by atoms with Crippen LogP contribution in [0, 0.1) is 5.92 Å². The number of hydrogen-bond acceptors (Lipinski definition) is 4. The van der Waals surface area contributed by atoms with Gasteiger partial charge in [-0.05, 0) is 37.6 Å². The van der Waals surface area contributed by atoms with Gasteiger partial charge in [0.2, 0.25) is 0 Å². The summed E-state index contributed by atoms with van der Waals surface area (Å²) in [6.45, 7) is 4.24. The number of ether oxygens (including phenoxy) is 1. The van der Waals surface area contributed by atoms with Gasteiger partial charge in [-0.2, -0.15) is 0 Å². The number of nitrogens with zero attached hydrogens (tertiary/aromatic N) is 1. The van der Waals surface area contributed by atoms with Crippen LogP contribution in [0.2, 0.25) is 5.02 Å². The summed E-state index contributed by atoms with van der Waals surface area (Å²) in [5.41, 5.74) is 7.68. The number of nitrogens with two attached hydrogens (primary N) is 1. The number of fused-ring (bicyclic) bond motifs is 1. The van der Waals surface area contributed by atoms with Gasteiger partial charge in [-0.3, -0.25) is 4.98 Å². The van der Waals surface area contributed by atoms with Crippen LogP contribution >= 0.6 is 11.6 Å². The Labute approximate surface area is 129 Å². The smallest absolute Gasteiger partial charge is 0.0948 e. The first-order chi connectivity index (χ1) is 10.1. The van der Waals surface area contributed by atoms with Gasteiger partial charge < -0.3 is 15.8 Å². The summed E-state index contributed by atoms with van der Waals surface area (Å²) in [5.74, 6) is 0.400. The Morgan fingerprint density at radius 2 is 2.33 bits per heavy atom. The van der Waals surface area contributed by atoms with E-state index in [2.05, 4.69) is 17.2 Å². The molecule has 0 bridgehead atoms. The number of pyridine rings is 1. The van der Waals surface area contributed by atoms with Crippen molar-refractivity contribution in [3.8, 4) is 0 Å². The molecule has 3 N–H and O–H groups in total. The van der Waals surface area contributed by atoms with Crippen LogP contribution in [0.3, 0.4) is 0 Å². The third-order valence-electron chi connectivity index (χ3n) is 4.39. The minimum absolute atomic E-state index is 0.214. The van der Waals surface area contributed by atoms with Crippen LogP contribution in [-0.2, 0) is 4.74 Å². The van der Waals surface area contributed by atoms with E-state index >= 15 is 0 Å². The van der Waals surface area contributed by atoms with E-state index in [-0.39, 0.29) is 5.54 Å². The van der Waals surface area contributed by atoms with E-state index in [1.165, 1.54) is 0 Å². The summed E-state index contributed by atoms with van der Waals surface area (Å²) in [4.78, 5) is 4.47. The van der Waals surface area contributed by atoms with Crippen LogP contribution in [0.15, 0.2) is 30.5 Å². The van der Waals surface area contributed by atoms with Gasteiger partial charge in [-0.15, -0.1) is 0 Å². The lowest BCUT2D eigenvalue weighted by molar-refractivity contribution is 0.172. The standard InChI is InChI=1S/C16H20ClN3O/c1-16(10-18,11-6-8-21-9-11)20-14-5-4-13(17)12-3-2-7-19-15(12)14/h2-5,7,11,20H,6,8-10,18H2,1H3. The monoisotopic (exact) mass is 305 g/mol. The fourth-order valence-electron chi connectivity index (χ4n) is 2.90. The minimum atomic E-state index is -0.214. The van der Waals surface area contributed by atoms with Gasteiger partial charge in [-0.1, -0.05) is 11.6 Å². The number of anilines is 1. The molecule has 112 valence electrons. The SMILES string of the molecule is CC(CN)(Nc1ccc(Cl)c2cccnc12)C1CCOC1. The Hall–Kier alpha value is -1.36. The predicted molar refractivity (Wildman–Crippen MR) is 86.8 cm³/mol. The molecule has 3 rings (SSSR count). The Kier molecular flexibility index (Phi) is 4.02. The van der Waals surface area contributed by atoms with Crippen molar-refractivity contribution in [2.24, 2.45) is 11.7 Å². The summed E-state index contributed by atoms with van der Waals surface area (Å²) >= 11 is 6.25. The maximum atomic E-state index is 6.25. The summed E-state index contributed by atoms with van der Waals surface area (Å²) in [7, 11) is 0. The molecule has 1 aromatic heterocycles. The Morgan fingerprint density at radius 3 is 3.05 bits per heavy atom. The van der Waals surface area contributed by atoms with E-state index in [9.17, 15) is 0 Å². The molecule has 0 saturated carbocycles. The molecule has 5 heteroatoms. The molecule has 0 spiro atoms. The molecule has 2 atom stereocenters. The van der Waals surface area contributed by atoms with Crippen molar-refractivity contribution in [3.63, 3.8) is 0 Å². The maximum absolute atomic E-state index is 6.25. The summed E-state index contributed by atoms with van der Waals surface area (Å²) in [6.07, 6.45) is 2.81. The van der Waals surface area contributed by atoms with Crippen molar-refractivity contribution in [1.29, 1.82) is 0 Å². The fraction of sp³-hybridized carbons (Fsp3) is 0.438. The van der Waals surface area contributed by atoms with Crippen LogP contribution in [0.4, 0.5) is 5.69 Å². The van der Waals surface area contributed by atoms with E-state index in [1.807, 2.05) is 24.3 Å². The molecule has 21 heavy (non-hydrogen) atoms. The first-order valence-electron chi connectivity index (χ1n) is 7.23. The van der Waals surface area contributed by atoms with Crippen molar-refractivity contribution in [2.45, 2.75) is 18.9 Å². The molecule has 0 radical (unpaired) electrons. The van der Waals surface area contributed by atoms with Crippen molar-refractivity contribution in [1.82, 2.24) is 4.98 Å². The van der Waals surface area contributed by atoms with E-state index < -0.39 is 0 Å². The molecule has 2 aromatic rings. The van der Waals surface area contributed by atoms with Gasteiger partial charge in [0.1, 0.15) is 0 Å². The van der Waals surface area contributed by atoms with Crippen molar-refractivity contribution in [2.75, 3.05) is 25.1 Å². The largest absolute Gasteiger partial charge is 0.381 e. The third-order valence-corrected chi connectivity index (χ3v) is 4.72. The Bertz CT molecular complexity index is 642. The van der Waals surface area contributed by atoms with E-state index in [0.29, 0.717) is 17.5 Å². The van der Waals surface area contributed by atoms with Gasteiger partial charge in [0.25, 0.3) is 0 Å².